The van der Waals surface area contributed by atoms with Gasteiger partial charge in [0.15, 0.2) is 0 Å². The molecule has 20 heavy (non-hydrogen) atoms. The Bertz CT molecular complexity index is 766. The zero-order valence-corrected chi connectivity index (χ0v) is 11.1. The highest BCUT2D eigenvalue weighted by molar-refractivity contribution is 7.92. The van der Waals surface area contributed by atoms with E-state index in [2.05, 4.69) is 14.9 Å². The quantitative estimate of drug-likeness (QED) is 0.620. The van der Waals surface area contributed by atoms with Gasteiger partial charge in [-0.3, -0.25) is 9.82 Å². The zero-order valence-electron chi connectivity index (χ0n) is 10.3. The van der Waals surface area contributed by atoms with Crippen LogP contribution in [0.1, 0.15) is 16.1 Å². The van der Waals surface area contributed by atoms with Gasteiger partial charge in [0.05, 0.1) is 23.1 Å². The molecule has 0 amide bonds. The Labute approximate surface area is 114 Å². The van der Waals surface area contributed by atoms with Crippen LogP contribution in [0.15, 0.2) is 29.3 Å². The Morgan fingerprint density at radius 2 is 2.10 bits per heavy atom. The van der Waals surface area contributed by atoms with Gasteiger partial charge < -0.3 is 10.2 Å². The number of aromatic nitrogens is 2. The van der Waals surface area contributed by atoms with Crippen molar-refractivity contribution in [2.75, 3.05) is 4.72 Å². The number of hydrogen-bond acceptors (Lipinski definition) is 5. The molecule has 0 unspecified atom stereocenters. The molecule has 8 nitrogen and oxygen atoms in total. The average molecular weight is 297 g/mol. The first-order chi connectivity index (χ1) is 9.31. The summed E-state index contributed by atoms with van der Waals surface area (Å²) in [5.74, 6) is -1.61. The Morgan fingerprint density at radius 1 is 1.40 bits per heavy atom. The fraction of sp³-hybridized carbons (Fsp3) is 0.0909. The third-order valence-electron chi connectivity index (χ3n) is 2.56. The number of benzene rings is 1. The molecule has 0 saturated heterocycles. The first-order valence-corrected chi connectivity index (χ1v) is 6.88. The van der Waals surface area contributed by atoms with Crippen molar-refractivity contribution >= 4 is 21.7 Å². The number of rotatable bonds is 4. The van der Waals surface area contributed by atoms with E-state index >= 15 is 0 Å². The SMILES string of the molecule is Cc1[nH]ncc1S(=O)(=O)Nc1cc(C(=O)O)ccc1O. The lowest BCUT2D eigenvalue weighted by Gasteiger charge is -2.09. The predicted molar refractivity (Wildman–Crippen MR) is 69.2 cm³/mol. The number of aromatic hydroxyl groups is 1. The molecule has 0 atom stereocenters. The first kappa shape index (κ1) is 13.9. The number of aromatic amines is 1. The van der Waals surface area contributed by atoms with Gasteiger partial charge in [-0.05, 0) is 25.1 Å². The lowest BCUT2D eigenvalue weighted by Crippen LogP contribution is -2.14. The molecular formula is C11H11N3O5S. The standard InChI is InChI=1S/C11H11N3O5S/c1-6-10(5-12-13-6)20(18,19)14-8-4-7(11(16)17)2-3-9(8)15/h2-5,14-15H,1H3,(H,12,13)(H,16,17). The molecule has 1 aromatic carbocycles. The van der Waals surface area contributed by atoms with Gasteiger partial charge in [0.1, 0.15) is 10.6 Å². The molecule has 4 N–H and O–H groups in total. The van der Waals surface area contributed by atoms with E-state index in [-0.39, 0.29) is 21.9 Å². The minimum absolute atomic E-state index is 0.0855. The molecule has 0 aliphatic rings. The molecule has 0 aliphatic carbocycles. The van der Waals surface area contributed by atoms with Gasteiger partial charge in [-0.2, -0.15) is 5.10 Å². The van der Waals surface area contributed by atoms with E-state index in [4.69, 9.17) is 5.11 Å². The van der Waals surface area contributed by atoms with Crippen LogP contribution in [0.4, 0.5) is 5.69 Å². The lowest BCUT2D eigenvalue weighted by atomic mass is 10.2. The number of anilines is 1. The van der Waals surface area contributed by atoms with Crippen LogP contribution in [0.2, 0.25) is 0 Å². The van der Waals surface area contributed by atoms with Crippen molar-refractivity contribution in [1.82, 2.24) is 10.2 Å². The summed E-state index contributed by atoms with van der Waals surface area (Å²) in [4.78, 5) is 10.8. The summed E-state index contributed by atoms with van der Waals surface area (Å²) in [5, 5.41) is 24.5. The number of sulfonamides is 1. The maximum Gasteiger partial charge on any atom is 0.335 e. The van der Waals surface area contributed by atoms with Crippen molar-refractivity contribution < 1.29 is 23.4 Å². The van der Waals surface area contributed by atoms with Crippen LogP contribution in [0.5, 0.6) is 5.75 Å². The Kier molecular flexibility index (Phi) is 3.36. The van der Waals surface area contributed by atoms with Crippen molar-refractivity contribution in [2.24, 2.45) is 0 Å². The summed E-state index contributed by atoms with van der Waals surface area (Å²) in [6, 6.07) is 3.30. The maximum absolute atomic E-state index is 12.1. The number of nitrogens with one attached hydrogen (secondary N) is 2. The molecule has 0 spiro atoms. The molecule has 1 heterocycles. The number of aromatic carboxylic acids is 1. The second-order valence-corrected chi connectivity index (χ2v) is 5.65. The summed E-state index contributed by atoms with van der Waals surface area (Å²) < 4.78 is 26.3. The van der Waals surface area contributed by atoms with Crippen LogP contribution < -0.4 is 4.72 Å². The average Bonchev–Trinajstić information content (AvgIpc) is 2.78. The lowest BCUT2D eigenvalue weighted by molar-refractivity contribution is 0.0697. The third kappa shape index (κ3) is 2.57. The van der Waals surface area contributed by atoms with Gasteiger partial charge in [0.2, 0.25) is 0 Å². The number of hydrogen-bond donors (Lipinski definition) is 4. The van der Waals surface area contributed by atoms with Gasteiger partial charge >= 0.3 is 5.97 Å². The minimum Gasteiger partial charge on any atom is -0.506 e. The van der Waals surface area contributed by atoms with Crippen LogP contribution in [-0.4, -0.2) is 34.8 Å². The van der Waals surface area contributed by atoms with E-state index in [1.165, 1.54) is 13.0 Å². The summed E-state index contributed by atoms with van der Waals surface area (Å²) in [6.07, 6.45) is 1.12. The van der Waals surface area contributed by atoms with E-state index in [1.807, 2.05) is 0 Å². The summed E-state index contributed by atoms with van der Waals surface area (Å²) in [7, 11) is -3.96. The van der Waals surface area contributed by atoms with Crippen molar-refractivity contribution in [3.63, 3.8) is 0 Å². The Balaban J connectivity index is 2.42. The molecule has 1 aromatic heterocycles. The van der Waals surface area contributed by atoms with Crippen LogP contribution in [0.3, 0.4) is 0 Å². The molecule has 2 aromatic rings. The molecule has 2 rings (SSSR count). The molecule has 106 valence electrons. The van der Waals surface area contributed by atoms with Gasteiger partial charge in [0.25, 0.3) is 10.0 Å². The van der Waals surface area contributed by atoms with Crippen molar-refractivity contribution in [3.8, 4) is 5.75 Å². The highest BCUT2D eigenvalue weighted by Crippen LogP contribution is 2.27. The molecule has 0 bridgehead atoms. The Hall–Kier alpha value is -2.55. The van der Waals surface area contributed by atoms with Gasteiger partial charge in [0, 0.05) is 0 Å². The van der Waals surface area contributed by atoms with Crippen molar-refractivity contribution in [3.05, 3.63) is 35.7 Å². The number of carbonyl (C=O) groups is 1. The second-order valence-electron chi connectivity index (χ2n) is 4.00. The summed E-state index contributed by atoms with van der Waals surface area (Å²) in [6.45, 7) is 1.52. The van der Waals surface area contributed by atoms with E-state index < -0.39 is 16.0 Å². The number of carboxylic acids is 1. The highest BCUT2D eigenvalue weighted by atomic mass is 32.2. The van der Waals surface area contributed by atoms with Crippen LogP contribution >= 0.6 is 0 Å². The number of carboxylic acid groups (broad SMARTS) is 1. The fourth-order valence-electron chi connectivity index (χ4n) is 1.56. The zero-order chi connectivity index (χ0) is 14.9. The number of aryl methyl sites for hydroxylation is 1. The number of phenolic OH excluding ortho intramolecular Hbond substituents is 1. The highest BCUT2D eigenvalue weighted by Gasteiger charge is 2.20. The molecular weight excluding hydrogens is 286 g/mol. The maximum atomic E-state index is 12.1. The van der Waals surface area contributed by atoms with Crippen LogP contribution in [0.25, 0.3) is 0 Å². The molecule has 0 aliphatic heterocycles. The van der Waals surface area contributed by atoms with Gasteiger partial charge in [-0.1, -0.05) is 0 Å². The smallest absolute Gasteiger partial charge is 0.335 e. The fourth-order valence-corrected chi connectivity index (χ4v) is 2.76. The normalized spacial score (nSPS) is 11.2. The van der Waals surface area contributed by atoms with Crippen molar-refractivity contribution in [1.29, 1.82) is 0 Å². The summed E-state index contributed by atoms with van der Waals surface area (Å²) >= 11 is 0. The van der Waals surface area contributed by atoms with Crippen LogP contribution in [-0.2, 0) is 10.0 Å². The topological polar surface area (TPSA) is 132 Å². The number of H-pyrrole nitrogens is 1. The first-order valence-electron chi connectivity index (χ1n) is 5.40. The molecule has 9 heteroatoms. The largest absolute Gasteiger partial charge is 0.506 e. The molecule has 0 saturated carbocycles. The second kappa shape index (κ2) is 4.85. The number of phenols is 1. The van der Waals surface area contributed by atoms with E-state index in [0.29, 0.717) is 5.69 Å². The molecule has 0 fully saturated rings. The van der Waals surface area contributed by atoms with E-state index in [1.54, 1.807) is 0 Å². The number of nitrogens with zero attached hydrogens (tertiary/aromatic N) is 1. The van der Waals surface area contributed by atoms with Gasteiger partial charge in [-0.25, -0.2) is 13.2 Å². The monoisotopic (exact) mass is 297 g/mol. The van der Waals surface area contributed by atoms with E-state index in [9.17, 15) is 18.3 Å². The van der Waals surface area contributed by atoms with Crippen molar-refractivity contribution in [2.45, 2.75) is 11.8 Å². The van der Waals surface area contributed by atoms with E-state index in [0.717, 1.165) is 18.3 Å². The summed E-state index contributed by atoms with van der Waals surface area (Å²) in [5.41, 5.74) is -0.0405. The Morgan fingerprint density at radius 3 is 2.65 bits per heavy atom. The van der Waals surface area contributed by atoms with Gasteiger partial charge in [-0.15, -0.1) is 0 Å². The predicted octanol–water partition coefficient (Wildman–Crippen LogP) is 0.923. The van der Waals surface area contributed by atoms with Crippen LogP contribution in [0, 0.1) is 6.92 Å². The molecule has 0 radical (unpaired) electrons. The third-order valence-corrected chi connectivity index (χ3v) is 4.04. The minimum atomic E-state index is -3.96.